The summed E-state index contributed by atoms with van der Waals surface area (Å²) in [5.74, 6) is 1.27. The minimum Gasteiger partial charge on any atom is -0.376 e. The van der Waals surface area contributed by atoms with Gasteiger partial charge in [0.1, 0.15) is 0 Å². The van der Waals surface area contributed by atoms with Crippen molar-refractivity contribution in [2.24, 2.45) is 11.7 Å². The molecule has 0 aromatic heterocycles. The van der Waals surface area contributed by atoms with Gasteiger partial charge < -0.3 is 10.5 Å². The van der Waals surface area contributed by atoms with E-state index in [-0.39, 0.29) is 5.60 Å². The van der Waals surface area contributed by atoms with Crippen molar-refractivity contribution in [2.75, 3.05) is 13.2 Å². The summed E-state index contributed by atoms with van der Waals surface area (Å²) >= 11 is 0. The average Bonchev–Trinajstić information content (AvgIpc) is 2.36. The van der Waals surface area contributed by atoms with Crippen molar-refractivity contribution < 1.29 is 4.74 Å². The van der Waals surface area contributed by atoms with Gasteiger partial charge in [0.05, 0.1) is 5.60 Å². The standard InChI is InChI=1S/C17H27NO/c1-13-4-6-14(7-5-13)16(8-10-18)15-9-11-19-17(2,3)12-15/h4-7,15-16H,8-12,18H2,1-3H3. The molecule has 106 valence electrons. The van der Waals surface area contributed by atoms with E-state index in [4.69, 9.17) is 10.5 Å². The largest absolute Gasteiger partial charge is 0.376 e. The second kappa shape index (κ2) is 6.06. The second-order valence-electron chi connectivity index (χ2n) is 6.46. The van der Waals surface area contributed by atoms with Crippen LogP contribution in [0.1, 0.15) is 50.2 Å². The molecule has 0 bridgehead atoms. The van der Waals surface area contributed by atoms with Gasteiger partial charge in [-0.2, -0.15) is 0 Å². The third-order valence-corrected chi connectivity index (χ3v) is 4.29. The number of hydrogen-bond acceptors (Lipinski definition) is 2. The van der Waals surface area contributed by atoms with E-state index in [0.29, 0.717) is 11.8 Å². The van der Waals surface area contributed by atoms with Crippen LogP contribution in [0.2, 0.25) is 0 Å². The molecule has 2 N–H and O–H groups in total. The molecule has 1 aliphatic rings. The topological polar surface area (TPSA) is 35.2 Å². The SMILES string of the molecule is Cc1ccc(C(CCN)C2CCOC(C)(C)C2)cc1. The van der Waals surface area contributed by atoms with Gasteiger partial charge in [-0.25, -0.2) is 0 Å². The van der Waals surface area contributed by atoms with Crippen molar-refractivity contribution in [1.29, 1.82) is 0 Å². The zero-order valence-corrected chi connectivity index (χ0v) is 12.5. The third-order valence-electron chi connectivity index (χ3n) is 4.29. The fourth-order valence-corrected chi connectivity index (χ4v) is 3.29. The first-order valence-electron chi connectivity index (χ1n) is 7.42. The average molecular weight is 261 g/mol. The Morgan fingerprint density at radius 1 is 1.32 bits per heavy atom. The fraction of sp³-hybridized carbons (Fsp3) is 0.647. The minimum atomic E-state index is 0.0143. The number of nitrogens with two attached hydrogens (primary N) is 1. The maximum absolute atomic E-state index is 5.85. The summed E-state index contributed by atoms with van der Waals surface area (Å²) in [4.78, 5) is 0. The molecular formula is C17H27NO. The van der Waals surface area contributed by atoms with Crippen LogP contribution in [-0.4, -0.2) is 18.8 Å². The highest BCUT2D eigenvalue weighted by Gasteiger charge is 2.33. The minimum absolute atomic E-state index is 0.0143. The molecule has 1 fully saturated rings. The van der Waals surface area contributed by atoms with Gasteiger partial charge in [0.15, 0.2) is 0 Å². The van der Waals surface area contributed by atoms with Gasteiger partial charge in [0, 0.05) is 6.61 Å². The number of benzene rings is 1. The van der Waals surface area contributed by atoms with Crippen molar-refractivity contribution in [3.8, 4) is 0 Å². The normalized spacial score (nSPS) is 24.1. The van der Waals surface area contributed by atoms with Crippen LogP contribution >= 0.6 is 0 Å². The molecule has 0 amide bonds. The van der Waals surface area contributed by atoms with Crippen LogP contribution in [-0.2, 0) is 4.74 Å². The quantitative estimate of drug-likeness (QED) is 0.898. The molecule has 1 heterocycles. The van der Waals surface area contributed by atoms with Gasteiger partial charge in [0.2, 0.25) is 0 Å². The summed E-state index contributed by atoms with van der Waals surface area (Å²) in [7, 11) is 0. The predicted molar refractivity (Wildman–Crippen MR) is 80.3 cm³/mol. The Kier molecular flexibility index (Phi) is 4.64. The zero-order chi connectivity index (χ0) is 13.9. The van der Waals surface area contributed by atoms with E-state index in [1.165, 1.54) is 11.1 Å². The van der Waals surface area contributed by atoms with Crippen molar-refractivity contribution in [3.63, 3.8) is 0 Å². The molecule has 0 aliphatic carbocycles. The molecule has 0 radical (unpaired) electrons. The van der Waals surface area contributed by atoms with Crippen LogP contribution < -0.4 is 5.73 Å². The Bertz CT molecular complexity index is 396. The highest BCUT2D eigenvalue weighted by Crippen LogP contribution is 2.39. The Balaban J connectivity index is 2.17. The molecule has 1 aliphatic heterocycles. The monoisotopic (exact) mass is 261 g/mol. The van der Waals surface area contributed by atoms with Crippen molar-refractivity contribution >= 4 is 0 Å². The Morgan fingerprint density at radius 2 is 2.00 bits per heavy atom. The van der Waals surface area contributed by atoms with Crippen molar-refractivity contribution in [3.05, 3.63) is 35.4 Å². The summed E-state index contributed by atoms with van der Waals surface area (Å²) in [6.07, 6.45) is 3.36. The Labute approximate surface area is 117 Å². The molecule has 2 heteroatoms. The van der Waals surface area contributed by atoms with E-state index in [0.717, 1.165) is 32.4 Å². The maximum atomic E-state index is 5.85. The van der Waals surface area contributed by atoms with Crippen LogP contribution in [0.25, 0.3) is 0 Å². The highest BCUT2D eigenvalue weighted by molar-refractivity contribution is 5.25. The van der Waals surface area contributed by atoms with Crippen molar-refractivity contribution in [1.82, 2.24) is 0 Å². The van der Waals surface area contributed by atoms with Gasteiger partial charge in [-0.3, -0.25) is 0 Å². The lowest BCUT2D eigenvalue weighted by Crippen LogP contribution is -2.36. The molecule has 2 rings (SSSR count). The molecule has 2 unspecified atom stereocenters. The molecule has 2 nitrogen and oxygen atoms in total. The third kappa shape index (κ3) is 3.80. The summed E-state index contributed by atoms with van der Waals surface area (Å²) in [5, 5.41) is 0. The molecule has 1 aromatic rings. The number of hydrogen-bond donors (Lipinski definition) is 1. The molecular weight excluding hydrogens is 234 g/mol. The zero-order valence-electron chi connectivity index (χ0n) is 12.5. The van der Waals surface area contributed by atoms with Gasteiger partial charge in [-0.05, 0) is 64.0 Å². The molecule has 1 saturated heterocycles. The van der Waals surface area contributed by atoms with Gasteiger partial charge in [0.25, 0.3) is 0 Å². The predicted octanol–water partition coefficient (Wildman–Crippen LogP) is 3.63. The Hall–Kier alpha value is -0.860. The molecule has 2 atom stereocenters. The highest BCUT2D eigenvalue weighted by atomic mass is 16.5. The molecule has 0 saturated carbocycles. The molecule has 0 spiro atoms. The van der Waals surface area contributed by atoms with E-state index in [9.17, 15) is 0 Å². The fourth-order valence-electron chi connectivity index (χ4n) is 3.29. The lowest BCUT2D eigenvalue weighted by Gasteiger charge is -2.39. The van der Waals surface area contributed by atoms with E-state index in [2.05, 4.69) is 45.0 Å². The second-order valence-corrected chi connectivity index (χ2v) is 6.46. The van der Waals surface area contributed by atoms with E-state index >= 15 is 0 Å². The summed E-state index contributed by atoms with van der Waals surface area (Å²) in [5.41, 5.74) is 8.62. The number of rotatable bonds is 4. The molecule has 19 heavy (non-hydrogen) atoms. The molecule has 1 aromatic carbocycles. The number of aryl methyl sites for hydroxylation is 1. The smallest absolute Gasteiger partial charge is 0.0629 e. The first-order valence-corrected chi connectivity index (χ1v) is 7.42. The van der Waals surface area contributed by atoms with Gasteiger partial charge in [-0.15, -0.1) is 0 Å². The van der Waals surface area contributed by atoms with E-state index in [1.54, 1.807) is 0 Å². The van der Waals surface area contributed by atoms with E-state index < -0.39 is 0 Å². The number of ether oxygens (including phenoxy) is 1. The lowest BCUT2D eigenvalue weighted by molar-refractivity contribution is -0.0771. The van der Waals surface area contributed by atoms with Crippen LogP contribution in [0.3, 0.4) is 0 Å². The lowest BCUT2D eigenvalue weighted by atomic mass is 9.75. The first-order chi connectivity index (χ1) is 9.02. The van der Waals surface area contributed by atoms with Gasteiger partial charge in [-0.1, -0.05) is 29.8 Å². The van der Waals surface area contributed by atoms with E-state index in [1.807, 2.05) is 0 Å². The van der Waals surface area contributed by atoms with Crippen LogP contribution in [0, 0.1) is 12.8 Å². The van der Waals surface area contributed by atoms with Crippen LogP contribution in [0.15, 0.2) is 24.3 Å². The maximum Gasteiger partial charge on any atom is 0.0629 e. The first kappa shape index (κ1) is 14.5. The van der Waals surface area contributed by atoms with Crippen LogP contribution in [0.5, 0.6) is 0 Å². The summed E-state index contributed by atoms with van der Waals surface area (Å²) in [6.45, 7) is 8.18. The summed E-state index contributed by atoms with van der Waals surface area (Å²) < 4.78 is 5.85. The summed E-state index contributed by atoms with van der Waals surface area (Å²) in [6, 6.07) is 8.98. The van der Waals surface area contributed by atoms with Crippen molar-refractivity contribution in [2.45, 2.75) is 51.6 Å². The van der Waals surface area contributed by atoms with Gasteiger partial charge >= 0.3 is 0 Å². The Morgan fingerprint density at radius 3 is 2.58 bits per heavy atom. The van der Waals surface area contributed by atoms with Crippen LogP contribution in [0.4, 0.5) is 0 Å².